The lowest BCUT2D eigenvalue weighted by atomic mass is 10.2. The molecule has 0 saturated carbocycles. The van der Waals surface area contributed by atoms with Crippen LogP contribution in [0.15, 0.2) is 0 Å². The van der Waals surface area contributed by atoms with Crippen molar-refractivity contribution in [2.45, 2.75) is 32.2 Å². The molecule has 0 radical (unpaired) electrons. The van der Waals surface area contributed by atoms with E-state index >= 15 is 0 Å². The van der Waals surface area contributed by atoms with Crippen molar-refractivity contribution in [1.82, 2.24) is 14.9 Å². The molecule has 1 unspecified atom stereocenters. The van der Waals surface area contributed by atoms with Gasteiger partial charge in [-0.1, -0.05) is 0 Å². The first-order chi connectivity index (χ1) is 9.29. The molecule has 2 heterocycles. The predicted octanol–water partition coefficient (Wildman–Crippen LogP) is 2.12. The molecule has 1 N–H and O–H groups in total. The summed E-state index contributed by atoms with van der Waals surface area (Å²) in [5, 5.41) is 3.43. The van der Waals surface area contributed by atoms with Crippen molar-refractivity contribution in [2.24, 2.45) is 0 Å². The van der Waals surface area contributed by atoms with E-state index in [1.54, 1.807) is 0 Å². The summed E-state index contributed by atoms with van der Waals surface area (Å²) in [5.74, 6) is 4.44. The first kappa shape index (κ1) is 13.2. The van der Waals surface area contributed by atoms with E-state index in [9.17, 15) is 0 Å². The Kier molecular flexibility index (Phi) is 3.93. The average molecular weight is 278 g/mol. The molecule has 0 spiro atoms. The van der Waals surface area contributed by atoms with Crippen LogP contribution in [0, 0.1) is 0 Å². The molecule has 19 heavy (non-hydrogen) atoms. The topological polar surface area (TPSA) is 41.1 Å². The van der Waals surface area contributed by atoms with Gasteiger partial charge in [-0.3, -0.25) is 4.90 Å². The minimum atomic E-state index is 0.377. The molecule has 1 fully saturated rings. The molecular formula is C14H22N4S. The first-order valence-electron chi connectivity index (χ1n) is 7.21. The molecule has 1 saturated heterocycles. The number of nitrogens with one attached hydrogen (secondary N) is 1. The third-order valence-electron chi connectivity index (χ3n) is 3.99. The first-order valence-corrected chi connectivity index (χ1v) is 8.36. The number of thioether (sulfide) groups is 1. The second kappa shape index (κ2) is 5.67. The molecule has 0 aromatic carbocycles. The molecule has 4 nitrogen and oxygen atoms in total. The fourth-order valence-electron chi connectivity index (χ4n) is 2.87. The Balaban J connectivity index is 1.95. The smallest absolute Gasteiger partial charge is 0.148 e. The van der Waals surface area contributed by atoms with Gasteiger partial charge >= 0.3 is 0 Å². The number of fused-ring (bicyclic) bond motifs is 1. The maximum atomic E-state index is 4.86. The summed E-state index contributed by atoms with van der Waals surface area (Å²) in [7, 11) is 2.19. The zero-order valence-electron chi connectivity index (χ0n) is 11.8. The monoisotopic (exact) mass is 278 g/mol. The third-order valence-corrected chi connectivity index (χ3v) is 5.01. The van der Waals surface area contributed by atoms with Crippen molar-refractivity contribution in [3.8, 4) is 0 Å². The van der Waals surface area contributed by atoms with E-state index in [-0.39, 0.29) is 0 Å². The van der Waals surface area contributed by atoms with Crippen LogP contribution in [0.5, 0.6) is 0 Å². The van der Waals surface area contributed by atoms with E-state index in [1.807, 2.05) is 11.8 Å². The fourth-order valence-corrected chi connectivity index (χ4v) is 4.08. The normalized spacial score (nSPS) is 23.4. The summed E-state index contributed by atoms with van der Waals surface area (Å²) in [6.07, 6.45) is 3.47. The standard InChI is InChI=1S/C14H22N4S/c1-3-15-13-10-5-4-6-11(10)16-14(17-13)12-9-19-8-7-18(12)2/h12H,3-9H2,1-2H3,(H,15,16,17). The molecule has 2 aliphatic rings. The van der Waals surface area contributed by atoms with E-state index in [4.69, 9.17) is 9.97 Å². The van der Waals surface area contributed by atoms with Gasteiger partial charge in [0.2, 0.25) is 0 Å². The number of hydrogen-bond donors (Lipinski definition) is 1. The lowest BCUT2D eigenvalue weighted by molar-refractivity contribution is 0.264. The Morgan fingerprint density at radius 3 is 3.05 bits per heavy atom. The highest BCUT2D eigenvalue weighted by molar-refractivity contribution is 7.99. The minimum Gasteiger partial charge on any atom is -0.370 e. The summed E-state index contributed by atoms with van der Waals surface area (Å²) < 4.78 is 0. The second-order valence-electron chi connectivity index (χ2n) is 5.31. The molecule has 0 amide bonds. The van der Waals surface area contributed by atoms with Gasteiger partial charge in [0.25, 0.3) is 0 Å². The quantitative estimate of drug-likeness (QED) is 0.917. The molecular weight excluding hydrogens is 256 g/mol. The molecule has 1 aromatic rings. The highest BCUT2D eigenvalue weighted by Crippen LogP contribution is 2.31. The van der Waals surface area contributed by atoms with Crippen LogP contribution in [0.25, 0.3) is 0 Å². The highest BCUT2D eigenvalue weighted by atomic mass is 32.2. The number of anilines is 1. The van der Waals surface area contributed by atoms with Crippen molar-refractivity contribution in [3.63, 3.8) is 0 Å². The van der Waals surface area contributed by atoms with Crippen molar-refractivity contribution < 1.29 is 0 Å². The number of hydrogen-bond acceptors (Lipinski definition) is 5. The lowest BCUT2D eigenvalue weighted by Gasteiger charge is -2.31. The molecule has 5 heteroatoms. The molecule has 104 valence electrons. The van der Waals surface area contributed by atoms with Crippen LogP contribution < -0.4 is 5.32 Å². The molecule has 3 rings (SSSR count). The van der Waals surface area contributed by atoms with Gasteiger partial charge < -0.3 is 5.32 Å². The van der Waals surface area contributed by atoms with E-state index < -0.39 is 0 Å². The van der Waals surface area contributed by atoms with Gasteiger partial charge in [0, 0.05) is 35.9 Å². The summed E-state index contributed by atoms with van der Waals surface area (Å²) in [4.78, 5) is 12.1. The van der Waals surface area contributed by atoms with Crippen LogP contribution in [-0.4, -0.2) is 46.5 Å². The number of nitrogens with zero attached hydrogens (tertiary/aromatic N) is 3. The van der Waals surface area contributed by atoms with Crippen molar-refractivity contribution >= 4 is 17.6 Å². The Hall–Kier alpha value is -0.810. The Bertz CT molecular complexity index is 463. The maximum Gasteiger partial charge on any atom is 0.148 e. The van der Waals surface area contributed by atoms with Crippen LogP contribution in [0.4, 0.5) is 5.82 Å². The van der Waals surface area contributed by atoms with E-state index in [2.05, 4.69) is 24.2 Å². The second-order valence-corrected chi connectivity index (χ2v) is 6.46. The van der Waals surface area contributed by atoms with Crippen LogP contribution in [0.3, 0.4) is 0 Å². The van der Waals surface area contributed by atoms with Gasteiger partial charge in [-0.15, -0.1) is 0 Å². The Morgan fingerprint density at radius 2 is 2.26 bits per heavy atom. The van der Waals surface area contributed by atoms with Gasteiger partial charge in [-0.25, -0.2) is 9.97 Å². The predicted molar refractivity (Wildman–Crippen MR) is 80.9 cm³/mol. The zero-order chi connectivity index (χ0) is 13.2. The van der Waals surface area contributed by atoms with E-state index in [1.165, 1.54) is 23.4 Å². The van der Waals surface area contributed by atoms with Gasteiger partial charge in [0.15, 0.2) is 0 Å². The fraction of sp³-hybridized carbons (Fsp3) is 0.714. The Labute approximate surface area is 119 Å². The lowest BCUT2D eigenvalue weighted by Crippen LogP contribution is -2.34. The number of aromatic nitrogens is 2. The zero-order valence-corrected chi connectivity index (χ0v) is 12.6. The van der Waals surface area contributed by atoms with Crippen molar-refractivity contribution in [1.29, 1.82) is 0 Å². The molecule has 1 aliphatic carbocycles. The number of rotatable bonds is 3. The van der Waals surface area contributed by atoms with Crippen LogP contribution in [0.2, 0.25) is 0 Å². The van der Waals surface area contributed by atoms with E-state index in [0.29, 0.717) is 6.04 Å². The van der Waals surface area contributed by atoms with Gasteiger partial charge in [-0.2, -0.15) is 11.8 Å². The maximum absolute atomic E-state index is 4.86. The van der Waals surface area contributed by atoms with Gasteiger partial charge in [0.1, 0.15) is 11.6 Å². The summed E-state index contributed by atoms with van der Waals surface area (Å²) in [6, 6.07) is 0.377. The third kappa shape index (κ3) is 2.58. The number of aryl methyl sites for hydroxylation is 1. The van der Waals surface area contributed by atoms with E-state index in [0.717, 1.165) is 43.3 Å². The SMILES string of the molecule is CCNc1nc(C2CSCCN2C)nc2c1CCC2. The van der Waals surface area contributed by atoms with Gasteiger partial charge in [-0.05, 0) is 33.2 Å². The van der Waals surface area contributed by atoms with Crippen molar-refractivity contribution in [2.75, 3.05) is 37.0 Å². The van der Waals surface area contributed by atoms with Crippen LogP contribution in [0.1, 0.15) is 36.5 Å². The summed E-state index contributed by atoms with van der Waals surface area (Å²) in [5.41, 5.74) is 2.64. The summed E-state index contributed by atoms with van der Waals surface area (Å²) in [6.45, 7) is 4.19. The average Bonchev–Trinajstić information content (AvgIpc) is 2.88. The van der Waals surface area contributed by atoms with Gasteiger partial charge in [0.05, 0.1) is 6.04 Å². The molecule has 0 bridgehead atoms. The highest BCUT2D eigenvalue weighted by Gasteiger charge is 2.27. The van der Waals surface area contributed by atoms with Crippen LogP contribution in [-0.2, 0) is 12.8 Å². The molecule has 1 atom stereocenters. The van der Waals surface area contributed by atoms with Crippen molar-refractivity contribution in [3.05, 3.63) is 17.1 Å². The van der Waals surface area contributed by atoms with Crippen LogP contribution >= 0.6 is 11.8 Å². The molecule has 1 aliphatic heterocycles. The molecule has 1 aromatic heterocycles. The summed E-state index contributed by atoms with van der Waals surface area (Å²) >= 11 is 2.01. The minimum absolute atomic E-state index is 0.377. The largest absolute Gasteiger partial charge is 0.370 e. The Morgan fingerprint density at radius 1 is 1.37 bits per heavy atom.